The van der Waals surface area contributed by atoms with E-state index in [1.807, 2.05) is 5.38 Å². The third kappa shape index (κ3) is 2.66. The number of thiazole rings is 1. The number of nitrogens with two attached hydrogens (primary N) is 1. The summed E-state index contributed by atoms with van der Waals surface area (Å²) in [5.74, 6) is 0.179. The first-order chi connectivity index (χ1) is 8.50. The van der Waals surface area contributed by atoms with Crippen LogP contribution in [0.2, 0.25) is 0 Å². The lowest BCUT2D eigenvalue weighted by molar-refractivity contribution is 0.463. The number of nitrogens with zero attached hydrogens (tertiary/aromatic N) is 3. The van der Waals surface area contributed by atoms with Gasteiger partial charge in [0.05, 0.1) is 22.6 Å². The van der Waals surface area contributed by atoms with Crippen molar-refractivity contribution in [1.29, 1.82) is 0 Å². The van der Waals surface area contributed by atoms with Crippen LogP contribution in [0.5, 0.6) is 0 Å². The zero-order valence-electron chi connectivity index (χ0n) is 9.65. The van der Waals surface area contributed by atoms with Gasteiger partial charge < -0.3 is 5.73 Å². The van der Waals surface area contributed by atoms with E-state index < -0.39 is 10.0 Å². The fourth-order valence-corrected chi connectivity index (χ4v) is 3.11. The average molecular weight is 284 g/mol. The Kier molecular flexibility index (Phi) is 3.60. The number of hydrogen-bond donors (Lipinski definition) is 1. The Bertz CT molecular complexity index is 625. The molecule has 0 saturated heterocycles. The van der Waals surface area contributed by atoms with Crippen LogP contribution in [-0.4, -0.2) is 29.7 Å². The van der Waals surface area contributed by atoms with E-state index in [9.17, 15) is 8.42 Å². The number of hydrogen-bond acceptors (Lipinski definition) is 6. The second-order valence-electron chi connectivity index (χ2n) is 3.66. The van der Waals surface area contributed by atoms with E-state index in [0.717, 1.165) is 0 Å². The molecule has 0 bridgehead atoms. The number of sulfonamides is 1. The van der Waals surface area contributed by atoms with E-state index in [1.54, 1.807) is 5.51 Å². The lowest BCUT2D eigenvalue weighted by Crippen LogP contribution is -2.26. The van der Waals surface area contributed by atoms with Gasteiger partial charge in [0, 0.05) is 24.7 Å². The van der Waals surface area contributed by atoms with Crippen LogP contribution < -0.4 is 5.73 Å². The Morgan fingerprint density at radius 2 is 2.22 bits per heavy atom. The molecule has 0 amide bonds. The van der Waals surface area contributed by atoms with Crippen molar-refractivity contribution in [3.8, 4) is 0 Å². The Labute approximate surface area is 109 Å². The number of pyridine rings is 1. The topological polar surface area (TPSA) is 89.2 Å². The SMILES string of the molecule is CN(Cc1cscn1)S(=O)(=O)c1ccnc(N)c1. The molecule has 8 heteroatoms. The van der Waals surface area contributed by atoms with Crippen molar-refractivity contribution >= 4 is 27.2 Å². The van der Waals surface area contributed by atoms with Crippen LogP contribution in [0.4, 0.5) is 5.82 Å². The Morgan fingerprint density at radius 3 is 2.83 bits per heavy atom. The molecule has 0 atom stereocenters. The smallest absolute Gasteiger partial charge is 0.243 e. The molecule has 2 aromatic rings. The molecule has 0 aromatic carbocycles. The third-order valence-electron chi connectivity index (χ3n) is 2.33. The van der Waals surface area contributed by atoms with E-state index in [-0.39, 0.29) is 17.3 Å². The summed E-state index contributed by atoms with van der Waals surface area (Å²) in [4.78, 5) is 7.96. The predicted octanol–water partition coefficient (Wildman–Crippen LogP) is 0.941. The fourth-order valence-electron chi connectivity index (χ4n) is 1.40. The summed E-state index contributed by atoms with van der Waals surface area (Å²) in [5.41, 5.74) is 7.87. The fraction of sp³-hybridized carbons (Fsp3) is 0.200. The van der Waals surface area contributed by atoms with Gasteiger partial charge in [0.1, 0.15) is 5.82 Å². The highest BCUT2D eigenvalue weighted by atomic mass is 32.2. The van der Waals surface area contributed by atoms with Crippen LogP contribution in [-0.2, 0) is 16.6 Å². The van der Waals surface area contributed by atoms with Gasteiger partial charge in [-0.2, -0.15) is 4.31 Å². The molecule has 2 heterocycles. The van der Waals surface area contributed by atoms with Gasteiger partial charge in [0.2, 0.25) is 10.0 Å². The molecule has 0 fully saturated rings. The molecule has 0 spiro atoms. The lowest BCUT2D eigenvalue weighted by atomic mass is 10.5. The molecule has 0 radical (unpaired) electrons. The van der Waals surface area contributed by atoms with E-state index in [2.05, 4.69) is 9.97 Å². The van der Waals surface area contributed by atoms with Crippen LogP contribution in [0.15, 0.2) is 34.1 Å². The largest absolute Gasteiger partial charge is 0.384 e. The predicted molar refractivity (Wildman–Crippen MR) is 69.4 cm³/mol. The van der Waals surface area contributed by atoms with Gasteiger partial charge >= 0.3 is 0 Å². The molecular formula is C10H12N4O2S2. The van der Waals surface area contributed by atoms with Gasteiger partial charge in [-0.25, -0.2) is 18.4 Å². The summed E-state index contributed by atoms with van der Waals surface area (Å²) < 4.78 is 25.7. The van der Waals surface area contributed by atoms with E-state index in [4.69, 9.17) is 5.73 Å². The molecule has 0 aliphatic rings. The molecule has 18 heavy (non-hydrogen) atoms. The quantitative estimate of drug-likeness (QED) is 0.902. The zero-order valence-corrected chi connectivity index (χ0v) is 11.3. The molecule has 6 nitrogen and oxygen atoms in total. The standard InChI is InChI=1S/C10H12N4O2S2/c1-14(5-8-6-17-7-13-8)18(15,16)9-2-3-12-10(11)4-9/h2-4,6-7H,5H2,1H3,(H2,11,12). The van der Waals surface area contributed by atoms with Crippen LogP contribution in [0, 0.1) is 0 Å². The third-order valence-corrected chi connectivity index (χ3v) is 4.76. The summed E-state index contributed by atoms with van der Waals surface area (Å²) in [7, 11) is -2.05. The highest BCUT2D eigenvalue weighted by Gasteiger charge is 2.21. The first kappa shape index (κ1) is 12.9. The van der Waals surface area contributed by atoms with Gasteiger partial charge in [0.15, 0.2) is 0 Å². The maximum atomic E-state index is 12.2. The molecule has 0 unspecified atom stereocenters. The molecule has 0 aliphatic carbocycles. The molecule has 2 N–H and O–H groups in total. The van der Waals surface area contributed by atoms with Crippen LogP contribution in [0.25, 0.3) is 0 Å². The van der Waals surface area contributed by atoms with Gasteiger partial charge in [0.25, 0.3) is 0 Å². The first-order valence-corrected chi connectivity index (χ1v) is 7.43. The van der Waals surface area contributed by atoms with Crippen molar-refractivity contribution < 1.29 is 8.42 Å². The molecule has 0 saturated carbocycles. The zero-order chi connectivity index (χ0) is 13.2. The molecule has 2 aromatic heterocycles. The minimum atomic E-state index is -3.56. The normalized spacial score (nSPS) is 11.9. The maximum Gasteiger partial charge on any atom is 0.243 e. The van der Waals surface area contributed by atoms with Gasteiger partial charge in [-0.15, -0.1) is 11.3 Å². The van der Waals surface area contributed by atoms with Crippen molar-refractivity contribution in [3.63, 3.8) is 0 Å². The Hall–Kier alpha value is -1.51. The summed E-state index contributed by atoms with van der Waals surface area (Å²) >= 11 is 1.43. The van der Waals surface area contributed by atoms with Crippen molar-refractivity contribution in [1.82, 2.24) is 14.3 Å². The van der Waals surface area contributed by atoms with Gasteiger partial charge in [-0.1, -0.05) is 0 Å². The van der Waals surface area contributed by atoms with Crippen molar-refractivity contribution in [2.24, 2.45) is 0 Å². The Morgan fingerprint density at radius 1 is 1.44 bits per heavy atom. The van der Waals surface area contributed by atoms with Gasteiger partial charge in [-0.3, -0.25) is 0 Å². The molecule has 2 rings (SSSR count). The summed E-state index contributed by atoms with van der Waals surface area (Å²) in [6.45, 7) is 0.230. The number of aromatic nitrogens is 2. The number of nitrogen functional groups attached to an aromatic ring is 1. The van der Waals surface area contributed by atoms with Crippen LogP contribution in [0.3, 0.4) is 0 Å². The Balaban J connectivity index is 2.25. The van der Waals surface area contributed by atoms with Gasteiger partial charge in [-0.05, 0) is 6.07 Å². The van der Waals surface area contributed by atoms with E-state index in [1.165, 1.54) is 41.0 Å². The highest BCUT2D eigenvalue weighted by Crippen LogP contribution is 2.17. The number of anilines is 1. The highest BCUT2D eigenvalue weighted by molar-refractivity contribution is 7.89. The summed E-state index contributed by atoms with van der Waals surface area (Å²) in [6.07, 6.45) is 1.37. The molecular weight excluding hydrogens is 272 g/mol. The maximum absolute atomic E-state index is 12.2. The first-order valence-electron chi connectivity index (χ1n) is 5.05. The van der Waals surface area contributed by atoms with E-state index >= 15 is 0 Å². The minimum absolute atomic E-state index is 0.132. The van der Waals surface area contributed by atoms with Crippen LogP contribution >= 0.6 is 11.3 Å². The second kappa shape index (κ2) is 5.01. The summed E-state index contributed by atoms with van der Waals surface area (Å²) in [5, 5.41) is 1.81. The van der Waals surface area contributed by atoms with E-state index in [0.29, 0.717) is 5.69 Å². The number of rotatable bonds is 4. The van der Waals surface area contributed by atoms with Crippen molar-refractivity contribution in [2.75, 3.05) is 12.8 Å². The molecule has 96 valence electrons. The summed E-state index contributed by atoms with van der Waals surface area (Å²) in [6, 6.07) is 2.76. The lowest BCUT2D eigenvalue weighted by Gasteiger charge is -2.16. The van der Waals surface area contributed by atoms with Crippen molar-refractivity contribution in [3.05, 3.63) is 34.9 Å². The van der Waals surface area contributed by atoms with Crippen LogP contribution in [0.1, 0.15) is 5.69 Å². The molecule has 0 aliphatic heterocycles. The second-order valence-corrected chi connectivity index (χ2v) is 6.42. The van der Waals surface area contributed by atoms with Crippen molar-refractivity contribution in [2.45, 2.75) is 11.4 Å². The monoisotopic (exact) mass is 284 g/mol. The average Bonchev–Trinajstić information content (AvgIpc) is 2.81. The minimum Gasteiger partial charge on any atom is -0.384 e.